The van der Waals surface area contributed by atoms with Gasteiger partial charge in [0.25, 0.3) is 11.8 Å². The fraction of sp³-hybridized carbons (Fsp3) is 0.192. The van der Waals surface area contributed by atoms with E-state index in [4.69, 9.17) is 51.8 Å². The van der Waals surface area contributed by atoms with Crippen LogP contribution in [0, 0.1) is 0 Å². The summed E-state index contributed by atoms with van der Waals surface area (Å²) in [5.74, 6) is -0.146. The zero-order valence-corrected chi connectivity index (χ0v) is 22.8. The van der Waals surface area contributed by atoms with E-state index in [0.29, 0.717) is 42.5 Å². The highest BCUT2D eigenvalue weighted by Crippen LogP contribution is 2.33. The minimum Gasteiger partial charge on any atom is -0.494 e. The molecule has 7 nitrogen and oxygen atoms in total. The largest absolute Gasteiger partial charge is 0.494 e. The van der Waals surface area contributed by atoms with Gasteiger partial charge in [-0.3, -0.25) is 14.9 Å². The van der Waals surface area contributed by atoms with Crippen molar-refractivity contribution in [1.82, 2.24) is 10.2 Å². The average Bonchev–Trinajstić information content (AvgIpc) is 2.89. The molecule has 1 fully saturated rings. The van der Waals surface area contributed by atoms with Gasteiger partial charge in [0.15, 0.2) is 10.9 Å². The fourth-order valence-corrected chi connectivity index (χ4v) is 4.90. The van der Waals surface area contributed by atoms with Crippen molar-refractivity contribution >= 4 is 75.3 Å². The van der Waals surface area contributed by atoms with E-state index in [2.05, 4.69) is 15.5 Å². The molecule has 0 bridgehead atoms. The highest BCUT2D eigenvalue weighted by atomic mass is 35.5. The molecule has 0 spiro atoms. The van der Waals surface area contributed by atoms with Crippen LogP contribution in [0.5, 0.6) is 5.75 Å². The number of nitrogens with one attached hydrogen (secondary N) is 2. The van der Waals surface area contributed by atoms with Crippen molar-refractivity contribution in [2.75, 3.05) is 43.5 Å². The van der Waals surface area contributed by atoms with E-state index < -0.39 is 5.91 Å². The Labute approximate surface area is 235 Å². The fourth-order valence-electron chi connectivity index (χ4n) is 3.92. The molecule has 0 saturated carbocycles. The molecule has 1 saturated heterocycles. The Hall–Kier alpha value is -3.04. The second kappa shape index (κ2) is 12.0. The molecule has 1 aliphatic heterocycles. The molecular weight excluding hydrogens is 555 g/mol. The predicted octanol–water partition coefficient (Wildman–Crippen LogP) is 5.74. The van der Waals surface area contributed by atoms with E-state index in [-0.39, 0.29) is 26.6 Å². The lowest BCUT2D eigenvalue weighted by Gasteiger charge is -2.36. The number of halogens is 3. The third-order valence-corrected chi connectivity index (χ3v) is 6.86. The Morgan fingerprint density at radius 2 is 1.46 bits per heavy atom. The van der Waals surface area contributed by atoms with Gasteiger partial charge in [-0.15, -0.1) is 0 Å². The highest BCUT2D eigenvalue weighted by Gasteiger charge is 2.22. The van der Waals surface area contributed by atoms with Crippen LogP contribution in [0.3, 0.4) is 0 Å². The number of carbonyl (C=O) groups excluding carboxylic acids is 2. The van der Waals surface area contributed by atoms with Crippen LogP contribution >= 0.6 is 47.0 Å². The monoisotopic (exact) mass is 576 g/mol. The van der Waals surface area contributed by atoms with Gasteiger partial charge in [-0.2, -0.15) is 0 Å². The lowest BCUT2D eigenvalue weighted by molar-refractivity contribution is 0.0746. The van der Waals surface area contributed by atoms with Crippen LogP contribution in [0.1, 0.15) is 20.7 Å². The molecule has 192 valence electrons. The Bertz CT molecular complexity index is 1290. The molecule has 3 aromatic rings. The minimum absolute atomic E-state index is 0.00519. The zero-order valence-electron chi connectivity index (χ0n) is 19.8. The van der Waals surface area contributed by atoms with E-state index in [0.717, 1.165) is 11.4 Å². The quantitative estimate of drug-likeness (QED) is 0.377. The summed E-state index contributed by atoms with van der Waals surface area (Å²) in [6.45, 7) is 2.68. The normalized spacial score (nSPS) is 13.2. The maximum Gasteiger partial charge on any atom is 0.257 e. The van der Waals surface area contributed by atoms with Crippen LogP contribution < -0.4 is 20.3 Å². The summed E-state index contributed by atoms with van der Waals surface area (Å²) in [6, 6.07) is 17.5. The molecule has 0 atom stereocenters. The first-order valence-corrected chi connectivity index (χ1v) is 12.8. The van der Waals surface area contributed by atoms with Crippen LogP contribution in [-0.4, -0.2) is 55.1 Å². The van der Waals surface area contributed by atoms with Gasteiger partial charge in [0.05, 0.1) is 17.2 Å². The number of amides is 2. The van der Waals surface area contributed by atoms with Crippen LogP contribution in [0.4, 0.5) is 11.4 Å². The first kappa shape index (κ1) is 27.0. The minimum atomic E-state index is -0.452. The topological polar surface area (TPSA) is 73.9 Å². The van der Waals surface area contributed by atoms with Gasteiger partial charge < -0.3 is 19.9 Å². The second-order valence-electron chi connectivity index (χ2n) is 8.21. The van der Waals surface area contributed by atoms with Gasteiger partial charge in [-0.25, -0.2) is 0 Å². The summed E-state index contributed by atoms with van der Waals surface area (Å²) in [7, 11) is 1.45. The third-order valence-electron chi connectivity index (χ3n) is 5.84. The molecule has 0 aliphatic carbocycles. The number of piperazine rings is 1. The van der Waals surface area contributed by atoms with Crippen molar-refractivity contribution in [3.05, 3.63) is 86.9 Å². The molecule has 3 aromatic carbocycles. The Morgan fingerprint density at radius 1 is 0.865 bits per heavy atom. The first-order chi connectivity index (χ1) is 17.7. The molecule has 0 aromatic heterocycles. The van der Waals surface area contributed by atoms with Gasteiger partial charge >= 0.3 is 0 Å². The van der Waals surface area contributed by atoms with E-state index in [1.54, 1.807) is 24.3 Å². The number of hydrogen-bond donors (Lipinski definition) is 2. The molecule has 1 aliphatic rings. The molecule has 0 radical (unpaired) electrons. The summed E-state index contributed by atoms with van der Waals surface area (Å²) in [6.07, 6.45) is 0. The Kier molecular flexibility index (Phi) is 8.76. The van der Waals surface area contributed by atoms with Crippen molar-refractivity contribution in [3.8, 4) is 5.75 Å². The summed E-state index contributed by atoms with van der Waals surface area (Å²) in [5.41, 5.74) is 2.64. The summed E-state index contributed by atoms with van der Waals surface area (Å²) in [4.78, 5) is 29.3. The van der Waals surface area contributed by atoms with E-state index >= 15 is 0 Å². The van der Waals surface area contributed by atoms with Gasteiger partial charge in [0, 0.05) is 53.7 Å². The maximum absolute atomic E-state index is 12.7. The summed E-state index contributed by atoms with van der Waals surface area (Å²) in [5, 5.41) is 6.81. The van der Waals surface area contributed by atoms with Crippen LogP contribution in [0.15, 0.2) is 60.7 Å². The van der Waals surface area contributed by atoms with E-state index in [1.165, 1.54) is 19.2 Å². The number of ether oxygens (including phenoxy) is 1. The zero-order chi connectivity index (χ0) is 26.5. The maximum atomic E-state index is 12.7. The first-order valence-electron chi connectivity index (χ1n) is 11.3. The molecule has 4 rings (SSSR count). The van der Waals surface area contributed by atoms with Gasteiger partial charge in [-0.1, -0.05) is 34.8 Å². The second-order valence-corrected chi connectivity index (χ2v) is 9.87. The number of hydrogen-bond acceptors (Lipinski definition) is 5. The Balaban J connectivity index is 1.29. The SMILES string of the molecule is COc1c(Cl)cc(C(=O)NC(=S)Nc2ccc(N3CCN(C(=O)c4ccc(Cl)cc4)CC3)cc2)cc1Cl. The van der Waals surface area contributed by atoms with Crippen molar-refractivity contribution in [3.63, 3.8) is 0 Å². The average molecular weight is 578 g/mol. The number of methoxy groups -OCH3 is 1. The van der Waals surface area contributed by atoms with Gasteiger partial charge in [-0.05, 0) is 72.9 Å². The standard InChI is InChI=1S/C26H23Cl3N4O3S/c1-36-23-21(28)14-17(15-22(23)29)24(34)31-26(37)30-19-6-8-20(9-7-19)32-10-12-33(13-11-32)25(35)16-2-4-18(27)5-3-16/h2-9,14-15H,10-13H2,1H3,(H2,30,31,34,37). The molecular formula is C26H23Cl3N4O3S. The van der Waals surface area contributed by atoms with Crippen LogP contribution in [-0.2, 0) is 0 Å². The van der Waals surface area contributed by atoms with Crippen molar-refractivity contribution in [2.24, 2.45) is 0 Å². The third kappa shape index (κ3) is 6.64. The lowest BCUT2D eigenvalue weighted by Crippen LogP contribution is -2.48. The number of thiocarbonyl (C=S) groups is 1. The predicted molar refractivity (Wildman–Crippen MR) is 153 cm³/mol. The molecule has 11 heteroatoms. The summed E-state index contributed by atoms with van der Waals surface area (Å²) < 4.78 is 5.10. The van der Waals surface area contributed by atoms with Crippen molar-refractivity contribution < 1.29 is 14.3 Å². The molecule has 37 heavy (non-hydrogen) atoms. The van der Waals surface area contributed by atoms with Crippen molar-refractivity contribution in [2.45, 2.75) is 0 Å². The number of nitrogens with zero attached hydrogens (tertiary/aromatic N) is 2. The molecule has 2 amide bonds. The number of benzene rings is 3. The van der Waals surface area contributed by atoms with Crippen LogP contribution in [0.25, 0.3) is 0 Å². The molecule has 2 N–H and O–H groups in total. The lowest BCUT2D eigenvalue weighted by atomic mass is 10.1. The number of anilines is 2. The van der Waals surface area contributed by atoms with Gasteiger partial charge in [0.1, 0.15) is 0 Å². The highest BCUT2D eigenvalue weighted by molar-refractivity contribution is 7.80. The smallest absolute Gasteiger partial charge is 0.257 e. The van der Waals surface area contributed by atoms with E-state index in [1.807, 2.05) is 29.2 Å². The number of carbonyl (C=O) groups is 2. The molecule has 1 heterocycles. The molecule has 0 unspecified atom stereocenters. The van der Waals surface area contributed by atoms with E-state index in [9.17, 15) is 9.59 Å². The number of rotatable bonds is 5. The van der Waals surface area contributed by atoms with Crippen molar-refractivity contribution in [1.29, 1.82) is 0 Å². The summed E-state index contributed by atoms with van der Waals surface area (Å²) >= 11 is 23.4. The Morgan fingerprint density at radius 3 is 2.03 bits per heavy atom. The van der Waals surface area contributed by atoms with Crippen LogP contribution in [0.2, 0.25) is 15.1 Å². The van der Waals surface area contributed by atoms with Gasteiger partial charge in [0.2, 0.25) is 0 Å².